The topological polar surface area (TPSA) is 23.8 Å². The van der Waals surface area contributed by atoms with Gasteiger partial charge in [-0.05, 0) is 29.3 Å². The molecule has 0 aliphatic heterocycles. The molecule has 5 heteroatoms. The van der Waals surface area contributed by atoms with Crippen LogP contribution in [0.25, 0.3) is 12.2 Å². The molecule has 0 unspecified atom stereocenters. The number of benzene rings is 2. The van der Waals surface area contributed by atoms with Gasteiger partial charge in [-0.25, -0.2) is 0 Å². The Labute approximate surface area is 124 Å². The van der Waals surface area contributed by atoms with E-state index in [1.54, 1.807) is 30.3 Å². The van der Waals surface area contributed by atoms with Crippen LogP contribution < -0.4 is 0 Å². The molecule has 0 saturated heterocycles. The molecule has 0 N–H and O–H groups in total. The Morgan fingerprint density at radius 1 is 1.05 bits per heavy atom. The molecule has 0 aliphatic rings. The van der Waals surface area contributed by atoms with Gasteiger partial charge in [0.25, 0.3) is 0 Å². The van der Waals surface area contributed by atoms with Gasteiger partial charge in [0.15, 0.2) is 0 Å². The van der Waals surface area contributed by atoms with E-state index in [-0.39, 0.29) is 5.02 Å². The molecule has 0 aliphatic carbocycles. The van der Waals surface area contributed by atoms with E-state index in [0.717, 1.165) is 12.1 Å². The number of nitriles is 1. The second-order valence-electron chi connectivity index (χ2n) is 4.28. The molecule has 106 valence electrons. The highest BCUT2D eigenvalue weighted by Gasteiger charge is 2.30. The molecule has 21 heavy (non-hydrogen) atoms. The molecular formula is C16H9ClF3N. The predicted molar refractivity (Wildman–Crippen MR) is 76.5 cm³/mol. The van der Waals surface area contributed by atoms with Crippen LogP contribution in [0, 0.1) is 11.3 Å². The van der Waals surface area contributed by atoms with Crippen molar-refractivity contribution in [2.45, 2.75) is 6.18 Å². The molecule has 1 nitrogen and oxygen atoms in total. The molecular weight excluding hydrogens is 299 g/mol. The average molecular weight is 308 g/mol. The Bertz CT molecular complexity index is 727. The molecule has 0 fully saturated rings. The molecule has 0 radical (unpaired) electrons. The number of hydrogen-bond donors (Lipinski definition) is 0. The first kappa shape index (κ1) is 15.1. The van der Waals surface area contributed by atoms with Crippen molar-refractivity contribution in [3.63, 3.8) is 0 Å². The Kier molecular flexibility index (Phi) is 4.35. The number of nitrogens with zero attached hydrogens (tertiary/aromatic N) is 1. The van der Waals surface area contributed by atoms with Crippen molar-refractivity contribution in [1.29, 1.82) is 5.26 Å². The minimum absolute atomic E-state index is 0.281. The fourth-order valence-electron chi connectivity index (χ4n) is 1.77. The van der Waals surface area contributed by atoms with E-state index in [9.17, 15) is 13.2 Å². The lowest BCUT2D eigenvalue weighted by Gasteiger charge is -2.06. The maximum absolute atomic E-state index is 12.6. The first-order valence-electron chi connectivity index (χ1n) is 5.96. The highest BCUT2D eigenvalue weighted by molar-refractivity contribution is 6.33. The Morgan fingerprint density at radius 3 is 2.43 bits per heavy atom. The number of alkyl halides is 3. The Morgan fingerprint density at radius 2 is 1.76 bits per heavy atom. The zero-order chi connectivity index (χ0) is 15.5. The van der Waals surface area contributed by atoms with Gasteiger partial charge < -0.3 is 0 Å². The van der Waals surface area contributed by atoms with Gasteiger partial charge in [0, 0.05) is 0 Å². The van der Waals surface area contributed by atoms with Crippen LogP contribution >= 0.6 is 11.6 Å². The van der Waals surface area contributed by atoms with Gasteiger partial charge in [-0.15, -0.1) is 0 Å². The zero-order valence-electron chi connectivity index (χ0n) is 10.7. The van der Waals surface area contributed by atoms with Crippen LogP contribution in [0.15, 0.2) is 42.5 Å². The van der Waals surface area contributed by atoms with Gasteiger partial charge in [-0.3, -0.25) is 0 Å². The highest BCUT2D eigenvalue weighted by atomic mass is 35.5. The van der Waals surface area contributed by atoms with Crippen molar-refractivity contribution >= 4 is 23.8 Å². The summed E-state index contributed by atoms with van der Waals surface area (Å²) >= 11 is 6.03. The van der Waals surface area contributed by atoms with Gasteiger partial charge >= 0.3 is 6.18 Å². The molecule has 0 amide bonds. The SMILES string of the molecule is N#Cc1cccc(C=Cc2cccc(C(F)(F)F)c2)c1Cl. The first-order chi connectivity index (χ1) is 9.91. The zero-order valence-corrected chi connectivity index (χ0v) is 11.4. The molecule has 2 aromatic carbocycles. The first-order valence-corrected chi connectivity index (χ1v) is 6.33. The lowest BCUT2D eigenvalue weighted by atomic mass is 10.1. The lowest BCUT2D eigenvalue weighted by Crippen LogP contribution is -2.04. The average Bonchev–Trinajstić information content (AvgIpc) is 2.45. The normalized spacial score (nSPS) is 11.6. The standard InChI is InChI=1S/C16H9ClF3N/c17-15-12(4-2-5-13(15)10-21)8-7-11-3-1-6-14(9-11)16(18,19)20/h1-9H. The Hall–Kier alpha value is -2.25. The quantitative estimate of drug-likeness (QED) is 0.681. The summed E-state index contributed by atoms with van der Waals surface area (Å²) in [5, 5.41) is 9.15. The van der Waals surface area contributed by atoms with E-state index < -0.39 is 11.7 Å². The van der Waals surface area contributed by atoms with Crippen LogP contribution in [-0.2, 0) is 6.18 Å². The summed E-state index contributed by atoms with van der Waals surface area (Å²) in [6, 6.07) is 11.8. The monoisotopic (exact) mass is 307 g/mol. The predicted octanol–water partition coefficient (Wildman–Crippen LogP) is 5.40. The summed E-state index contributed by atoms with van der Waals surface area (Å²) in [6.07, 6.45) is -1.27. The third-order valence-electron chi connectivity index (χ3n) is 2.82. The van der Waals surface area contributed by atoms with Crippen molar-refractivity contribution in [1.82, 2.24) is 0 Å². The van der Waals surface area contributed by atoms with Crippen LogP contribution in [0.1, 0.15) is 22.3 Å². The summed E-state index contributed by atoms with van der Waals surface area (Å²) in [5.41, 5.74) is 0.598. The van der Waals surface area contributed by atoms with Crippen LogP contribution in [0.5, 0.6) is 0 Å². The summed E-state index contributed by atoms with van der Waals surface area (Å²) in [4.78, 5) is 0. The van der Waals surface area contributed by atoms with Crippen LogP contribution in [0.4, 0.5) is 13.2 Å². The van der Waals surface area contributed by atoms with E-state index >= 15 is 0 Å². The van der Waals surface area contributed by atoms with Gasteiger partial charge in [0.05, 0.1) is 16.1 Å². The lowest BCUT2D eigenvalue weighted by molar-refractivity contribution is -0.137. The van der Waals surface area contributed by atoms with Crippen molar-refractivity contribution in [2.24, 2.45) is 0 Å². The molecule has 0 saturated carbocycles. The Balaban J connectivity index is 2.33. The van der Waals surface area contributed by atoms with Gasteiger partial charge in [-0.2, -0.15) is 18.4 Å². The van der Waals surface area contributed by atoms with E-state index in [2.05, 4.69) is 0 Å². The molecule has 0 bridgehead atoms. The number of rotatable bonds is 2. The summed E-state index contributed by atoms with van der Waals surface area (Å²) in [6.45, 7) is 0. The summed E-state index contributed by atoms with van der Waals surface area (Å²) in [5.74, 6) is 0. The van der Waals surface area contributed by atoms with Crippen molar-refractivity contribution < 1.29 is 13.2 Å². The molecule has 2 rings (SSSR count). The third-order valence-corrected chi connectivity index (χ3v) is 3.24. The van der Waals surface area contributed by atoms with Crippen LogP contribution in [0.2, 0.25) is 5.02 Å². The van der Waals surface area contributed by atoms with Gasteiger partial charge in [0.2, 0.25) is 0 Å². The second-order valence-corrected chi connectivity index (χ2v) is 4.66. The van der Waals surface area contributed by atoms with E-state index in [4.69, 9.17) is 16.9 Å². The second kappa shape index (κ2) is 6.02. The third kappa shape index (κ3) is 3.65. The number of halogens is 4. The van der Waals surface area contributed by atoms with Crippen molar-refractivity contribution in [2.75, 3.05) is 0 Å². The fourth-order valence-corrected chi connectivity index (χ4v) is 2.00. The van der Waals surface area contributed by atoms with Crippen LogP contribution in [0.3, 0.4) is 0 Å². The molecule has 0 spiro atoms. The summed E-state index contributed by atoms with van der Waals surface area (Å²) < 4.78 is 37.8. The van der Waals surface area contributed by atoms with Gasteiger partial charge in [0.1, 0.15) is 6.07 Å². The fraction of sp³-hybridized carbons (Fsp3) is 0.0625. The number of hydrogen-bond acceptors (Lipinski definition) is 1. The minimum atomic E-state index is -4.37. The largest absolute Gasteiger partial charge is 0.416 e. The highest BCUT2D eigenvalue weighted by Crippen LogP contribution is 2.30. The maximum Gasteiger partial charge on any atom is 0.416 e. The van der Waals surface area contributed by atoms with E-state index in [1.165, 1.54) is 12.1 Å². The smallest absolute Gasteiger partial charge is 0.192 e. The van der Waals surface area contributed by atoms with E-state index in [0.29, 0.717) is 16.7 Å². The minimum Gasteiger partial charge on any atom is -0.192 e. The van der Waals surface area contributed by atoms with Crippen molar-refractivity contribution in [3.05, 3.63) is 69.7 Å². The molecule has 0 atom stereocenters. The molecule has 0 aromatic heterocycles. The maximum atomic E-state index is 12.6. The van der Waals surface area contributed by atoms with Gasteiger partial charge in [-0.1, -0.05) is 48.0 Å². The molecule has 0 heterocycles. The van der Waals surface area contributed by atoms with E-state index in [1.807, 2.05) is 6.07 Å². The van der Waals surface area contributed by atoms with Crippen LogP contribution in [-0.4, -0.2) is 0 Å². The summed E-state index contributed by atoms with van der Waals surface area (Å²) in [7, 11) is 0. The van der Waals surface area contributed by atoms with Crippen molar-refractivity contribution in [3.8, 4) is 6.07 Å². The molecule has 2 aromatic rings.